The van der Waals surface area contributed by atoms with Crippen molar-refractivity contribution in [3.63, 3.8) is 0 Å². The van der Waals surface area contributed by atoms with Crippen LogP contribution < -0.4 is 0 Å². The second kappa shape index (κ2) is 10.2. The van der Waals surface area contributed by atoms with Crippen LogP contribution in [0.2, 0.25) is 0 Å². The highest BCUT2D eigenvalue weighted by Crippen LogP contribution is 2.19. The van der Waals surface area contributed by atoms with E-state index in [4.69, 9.17) is 14.2 Å². The summed E-state index contributed by atoms with van der Waals surface area (Å²) < 4.78 is 15.4. The normalized spacial score (nSPS) is 18.1. The Morgan fingerprint density at radius 3 is 2.00 bits per heavy atom. The fourth-order valence-electron chi connectivity index (χ4n) is 2.52. The van der Waals surface area contributed by atoms with Crippen molar-refractivity contribution in [2.24, 2.45) is 0 Å². The van der Waals surface area contributed by atoms with Crippen LogP contribution in [-0.2, 0) is 28.6 Å². The van der Waals surface area contributed by atoms with Gasteiger partial charge in [0.2, 0.25) is 0 Å². The van der Waals surface area contributed by atoms with Crippen molar-refractivity contribution < 1.29 is 28.6 Å². The second-order valence-corrected chi connectivity index (χ2v) is 7.35. The van der Waals surface area contributed by atoms with Gasteiger partial charge >= 0.3 is 17.9 Å². The van der Waals surface area contributed by atoms with Gasteiger partial charge in [0, 0.05) is 12.2 Å². The lowest BCUT2D eigenvalue weighted by Crippen LogP contribution is -2.32. The van der Waals surface area contributed by atoms with E-state index in [0.29, 0.717) is 0 Å². The summed E-state index contributed by atoms with van der Waals surface area (Å²) in [4.78, 5) is 35.2. The number of ether oxygens (including phenoxy) is 3. The zero-order valence-corrected chi connectivity index (χ0v) is 15.7. The molecular formula is C19H30O6. The van der Waals surface area contributed by atoms with Gasteiger partial charge in [-0.1, -0.05) is 19.3 Å². The molecular weight excluding hydrogens is 324 g/mol. The lowest BCUT2D eigenvalue weighted by Gasteiger charge is -2.21. The average molecular weight is 354 g/mol. The molecule has 1 aliphatic rings. The molecule has 0 heterocycles. The summed E-state index contributed by atoms with van der Waals surface area (Å²) in [5, 5.41) is 0. The van der Waals surface area contributed by atoms with Crippen molar-refractivity contribution in [2.75, 3.05) is 0 Å². The van der Waals surface area contributed by atoms with Gasteiger partial charge in [-0.3, -0.25) is 0 Å². The van der Waals surface area contributed by atoms with Gasteiger partial charge in [0.1, 0.15) is 11.7 Å². The maximum Gasteiger partial charge on any atom is 0.347 e. The first-order valence-corrected chi connectivity index (χ1v) is 8.99. The monoisotopic (exact) mass is 354 g/mol. The topological polar surface area (TPSA) is 78.9 Å². The molecule has 0 radical (unpaired) electrons. The van der Waals surface area contributed by atoms with Crippen molar-refractivity contribution in [1.82, 2.24) is 0 Å². The van der Waals surface area contributed by atoms with Gasteiger partial charge in [-0.2, -0.15) is 0 Å². The van der Waals surface area contributed by atoms with Gasteiger partial charge in [-0.25, -0.2) is 14.4 Å². The lowest BCUT2D eigenvalue weighted by atomic mass is 9.99. The zero-order chi connectivity index (χ0) is 18.9. The smallest absolute Gasteiger partial charge is 0.347 e. The Hall–Kier alpha value is -1.85. The molecule has 0 aromatic rings. The Balaban J connectivity index is 2.39. The Bertz CT molecular complexity index is 481. The van der Waals surface area contributed by atoms with Gasteiger partial charge in [0.25, 0.3) is 0 Å². The van der Waals surface area contributed by atoms with E-state index in [1.165, 1.54) is 26.2 Å². The minimum Gasteiger partial charge on any atom is -0.459 e. The third kappa shape index (κ3) is 9.89. The highest BCUT2D eigenvalue weighted by atomic mass is 16.6. The first-order chi connectivity index (χ1) is 11.7. The molecule has 0 bridgehead atoms. The third-order valence-corrected chi connectivity index (χ3v) is 3.72. The minimum atomic E-state index is -1.04. The van der Waals surface area contributed by atoms with Gasteiger partial charge in [-0.15, -0.1) is 0 Å². The van der Waals surface area contributed by atoms with Crippen LogP contribution in [0.5, 0.6) is 0 Å². The highest BCUT2D eigenvalue weighted by molar-refractivity contribution is 5.92. The Morgan fingerprint density at radius 2 is 1.44 bits per heavy atom. The molecule has 142 valence electrons. The van der Waals surface area contributed by atoms with Gasteiger partial charge in [0.05, 0.1) is 0 Å². The SMILES string of the molecule is C[C@@H](OC(=O)/C=C/C(=O)OC1CCCCCCC1)C(=O)OC(C)(C)C. The molecule has 0 aliphatic heterocycles. The fourth-order valence-corrected chi connectivity index (χ4v) is 2.52. The maximum atomic E-state index is 11.8. The molecule has 6 heteroatoms. The van der Waals surface area contributed by atoms with Crippen LogP contribution in [0, 0.1) is 0 Å². The Morgan fingerprint density at radius 1 is 0.920 bits per heavy atom. The second-order valence-electron chi connectivity index (χ2n) is 7.35. The summed E-state index contributed by atoms with van der Waals surface area (Å²) >= 11 is 0. The van der Waals surface area contributed by atoms with Crippen LogP contribution in [-0.4, -0.2) is 35.7 Å². The zero-order valence-electron chi connectivity index (χ0n) is 15.7. The van der Waals surface area contributed by atoms with Crippen molar-refractivity contribution in [3.8, 4) is 0 Å². The first kappa shape index (κ1) is 21.2. The summed E-state index contributed by atoms with van der Waals surface area (Å²) in [6.45, 7) is 6.60. The van der Waals surface area contributed by atoms with Crippen molar-refractivity contribution >= 4 is 17.9 Å². The van der Waals surface area contributed by atoms with E-state index in [0.717, 1.165) is 37.8 Å². The molecule has 0 amide bonds. The highest BCUT2D eigenvalue weighted by Gasteiger charge is 2.24. The molecule has 1 atom stereocenters. The molecule has 0 aromatic heterocycles. The molecule has 1 fully saturated rings. The first-order valence-electron chi connectivity index (χ1n) is 8.99. The van der Waals surface area contributed by atoms with Crippen molar-refractivity contribution in [1.29, 1.82) is 0 Å². The lowest BCUT2D eigenvalue weighted by molar-refractivity contribution is -0.172. The van der Waals surface area contributed by atoms with E-state index in [9.17, 15) is 14.4 Å². The Kier molecular flexibility index (Phi) is 8.66. The fraction of sp³-hybridized carbons (Fsp3) is 0.737. The van der Waals surface area contributed by atoms with Crippen LogP contribution in [0.25, 0.3) is 0 Å². The van der Waals surface area contributed by atoms with Crippen LogP contribution >= 0.6 is 0 Å². The molecule has 0 N–H and O–H groups in total. The predicted molar refractivity (Wildman–Crippen MR) is 92.7 cm³/mol. The van der Waals surface area contributed by atoms with Crippen LogP contribution in [0.3, 0.4) is 0 Å². The predicted octanol–water partition coefficient (Wildman–Crippen LogP) is 3.47. The summed E-state index contributed by atoms with van der Waals surface area (Å²) in [5.41, 5.74) is -0.658. The summed E-state index contributed by atoms with van der Waals surface area (Å²) in [5.74, 6) is -1.98. The largest absolute Gasteiger partial charge is 0.459 e. The van der Waals surface area contributed by atoms with E-state index < -0.39 is 29.6 Å². The molecule has 0 unspecified atom stereocenters. The Labute approximate surface area is 149 Å². The maximum absolute atomic E-state index is 11.8. The molecule has 6 nitrogen and oxygen atoms in total. The minimum absolute atomic E-state index is 0.0887. The van der Waals surface area contributed by atoms with Crippen LogP contribution in [0.15, 0.2) is 12.2 Å². The number of carbonyl (C=O) groups is 3. The van der Waals surface area contributed by atoms with Crippen LogP contribution in [0.1, 0.15) is 72.6 Å². The molecule has 0 aromatic carbocycles. The summed E-state index contributed by atoms with van der Waals surface area (Å²) in [6, 6.07) is 0. The van der Waals surface area contributed by atoms with Crippen LogP contribution in [0.4, 0.5) is 0 Å². The summed E-state index contributed by atoms with van der Waals surface area (Å²) in [7, 11) is 0. The van der Waals surface area contributed by atoms with Gasteiger partial charge < -0.3 is 14.2 Å². The number of rotatable bonds is 5. The molecule has 0 saturated heterocycles. The molecule has 1 saturated carbocycles. The van der Waals surface area contributed by atoms with E-state index in [1.807, 2.05) is 0 Å². The number of carbonyl (C=O) groups excluding carboxylic acids is 3. The number of hydrogen-bond donors (Lipinski definition) is 0. The molecule has 1 aliphatic carbocycles. The van der Waals surface area contributed by atoms with Crippen molar-refractivity contribution in [3.05, 3.63) is 12.2 Å². The van der Waals surface area contributed by atoms with E-state index in [-0.39, 0.29) is 6.10 Å². The van der Waals surface area contributed by atoms with Crippen molar-refractivity contribution in [2.45, 2.75) is 90.4 Å². The van der Waals surface area contributed by atoms with E-state index in [2.05, 4.69) is 0 Å². The van der Waals surface area contributed by atoms with Gasteiger partial charge in [-0.05, 0) is 53.4 Å². The summed E-state index contributed by atoms with van der Waals surface area (Å²) in [6.07, 6.45) is 8.29. The number of hydrogen-bond acceptors (Lipinski definition) is 6. The molecule has 0 spiro atoms. The molecule has 1 rings (SSSR count). The average Bonchev–Trinajstić information content (AvgIpc) is 2.46. The third-order valence-electron chi connectivity index (χ3n) is 3.72. The standard InChI is InChI=1S/C19H30O6/c1-14(18(22)25-19(2,3)4)23-16(20)12-13-17(21)24-15-10-8-6-5-7-9-11-15/h12-15H,5-11H2,1-4H3/b13-12+/t14-/m1/s1. The number of esters is 3. The molecule has 25 heavy (non-hydrogen) atoms. The van der Waals surface area contributed by atoms with E-state index in [1.54, 1.807) is 20.8 Å². The van der Waals surface area contributed by atoms with E-state index >= 15 is 0 Å². The van der Waals surface area contributed by atoms with Gasteiger partial charge in [0.15, 0.2) is 6.10 Å². The quantitative estimate of drug-likeness (QED) is 0.427.